The Hall–Kier alpha value is -1.42. The fourth-order valence-corrected chi connectivity index (χ4v) is 2.21. The molecular formula is C13H15ClN2O2. The summed E-state index contributed by atoms with van der Waals surface area (Å²) >= 11 is 5.69. The van der Waals surface area contributed by atoms with Crippen molar-refractivity contribution in [3.8, 4) is 11.5 Å². The fraction of sp³-hybridized carbons (Fsp3) is 0.462. The van der Waals surface area contributed by atoms with Crippen molar-refractivity contribution >= 4 is 22.6 Å². The van der Waals surface area contributed by atoms with Gasteiger partial charge in [0.05, 0.1) is 24.2 Å². The molecule has 0 radical (unpaired) electrons. The van der Waals surface area contributed by atoms with E-state index in [0.29, 0.717) is 19.1 Å². The number of aromatic nitrogens is 2. The SMILES string of the molecule is ClCCCc1nc2cc3c(cc2[nH]1)OCCCO3. The number of benzene rings is 1. The lowest BCUT2D eigenvalue weighted by Crippen LogP contribution is -1.97. The molecule has 0 amide bonds. The minimum atomic E-state index is 0.653. The first-order valence-electron chi connectivity index (χ1n) is 6.21. The van der Waals surface area contributed by atoms with E-state index in [1.54, 1.807) is 0 Å². The molecule has 1 aliphatic rings. The van der Waals surface area contributed by atoms with Crippen LogP contribution in [0.25, 0.3) is 11.0 Å². The Labute approximate surface area is 110 Å². The smallest absolute Gasteiger partial charge is 0.163 e. The van der Waals surface area contributed by atoms with Crippen LogP contribution in [0.15, 0.2) is 12.1 Å². The van der Waals surface area contributed by atoms with Crippen LogP contribution in [0.5, 0.6) is 11.5 Å². The Bertz CT molecular complexity index is 510. The predicted molar refractivity (Wildman–Crippen MR) is 70.7 cm³/mol. The third-order valence-corrected chi connectivity index (χ3v) is 3.21. The van der Waals surface area contributed by atoms with Gasteiger partial charge in [0.2, 0.25) is 0 Å². The number of hydrogen-bond acceptors (Lipinski definition) is 3. The highest BCUT2D eigenvalue weighted by Gasteiger charge is 2.13. The number of halogens is 1. The molecule has 0 fully saturated rings. The van der Waals surface area contributed by atoms with Gasteiger partial charge in [-0.15, -0.1) is 11.6 Å². The summed E-state index contributed by atoms with van der Waals surface area (Å²) in [5, 5.41) is 0. The van der Waals surface area contributed by atoms with E-state index >= 15 is 0 Å². The monoisotopic (exact) mass is 266 g/mol. The van der Waals surface area contributed by atoms with Crippen LogP contribution in [-0.2, 0) is 6.42 Å². The second kappa shape index (κ2) is 5.06. The van der Waals surface area contributed by atoms with Crippen LogP contribution < -0.4 is 9.47 Å². The van der Waals surface area contributed by atoms with Gasteiger partial charge >= 0.3 is 0 Å². The summed E-state index contributed by atoms with van der Waals surface area (Å²) in [5.41, 5.74) is 1.91. The lowest BCUT2D eigenvalue weighted by atomic mass is 10.3. The largest absolute Gasteiger partial charge is 0.489 e. The minimum absolute atomic E-state index is 0.653. The van der Waals surface area contributed by atoms with Gasteiger partial charge in [-0.05, 0) is 6.42 Å². The normalized spacial score (nSPS) is 14.7. The van der Waals surface area contributed by atoms with E-state index < -0.39 is 0 Å². The quantitative estimate of drug-likeness (QED) is 0.869. The number of ether oxygens (including phenoxy) is 2. The second-order valence-corrected chi connectivity index (χ2v) is 4.72. The first kappa shape index (κ1) is 11.7. The first-order chi connectivity index (χ1) is 8.86. The summed E-state index contributed by atoms with van der Waals surface area (Å²) in [6, 6.07) is 3.91. The first-order valence-corrected chi connectivity index (χ1v) is 6.74. The van der Waals surface area contributed by atoms with E-state index in [9.17, 15) is 0 Å². The minimum Gasteiger partial charge on any atom is -0.489 e. The maximum atomic E-state index is 5.69. The topological polar surface area (TPSA) is 47.1 Å². The molecule has 0 aliphatic carbocycles. The zero-order valence-corrected chi connectivity index (χ0v) is 10.8. The molecule has 4 nitrogen and oxygen atoms in total. The molecule has 0 atom stereocenters. The van der Waals surface area contributed by atoms with Crippen molar-refractivity contribution in [1.29, 1.82) is 0 Å². The molecule has 0 saturated heterocycles. The Morgan fingerprint density at radius 2 is 2.00 bits per heavy atom. The number of H-pyrrole nitrogens is 1. The molecule has 0 bridgehead atoms. The number of fused-ring (bicyclic) bond motifs is 2. The van der Waals surface area contributed by atoms with Crippen LogP contribution in [0, 0.1) is 0 Å². The number of nitrogens with one attached hydrogen (secondary N) is 1. The van der Waals surface area contributed by atoms with Crippen LogP contribution >= 0.6 is 11.6 Å². The molecule has 5 heteroatoms. The summed E-state index contributed by atoms with van der Waals surface area (Å²) in [5.74, 6) is 3.20. The van der Waals surface area contributed by atoms with Crippen molar-refractivity contribution in [3.05, 3.63) is 18.0 Å². The van der Waals surface area contributed by atoms with E-state index in [1.165, 1.54) is 0 Å². The number of aryl methyl sites for hydroxylation is 1. The summed E-state index contributed by atoms with van der Waals surface area (Å²) in [6.45, 7) is 1.40. The fourth-order valence-electron chi connectivity index (χ4n) is 2.07. The molecule has 0 saturated carbocycles. The summed E-state index contributed by atoms with van der Waals surface area (Å²) in [7, 11) is 0. The standard InChI is InChI=1S/C13H15ClN2O2/c14-4-1-3-13-15-9-7-11-12(8-10(9)16-13)18-6-2-5-17-11/h7-8H,1-6H2,(H,15,16). The van der Waals surface area contributed by atoms with Crippen LogP contribution in [-0.4, -0.2) is 29.1 Å². The molecule has 1 N–H and O–H groups in total. The molecule has 2 aromatic rings. The van der Waals surface area contributed by atoms with Gasteiger partial charge in [0.1, 0.15) is 5.82 Å². The summed E-state index contributed by atoms with van der Waals surface area (Å²) < 4.78 is 11.3. The van der Waals surface area contributed by atoms with Gasteiger partial charge in [-0.25, -0.2) is 4.98 Å². The highest BCUT2D eigenvalue weighted by atomic mass is 35.5. The lowest BCUT2D eigenvalue weighted by molar-refractivity contribution is 0.297. The van der Waals surface area contributed by atoms with Gasteiger partial charge in [-0.2, -0.15) is 0 Å². The van der Waals surface area contributed by atoms with Crippen molar-refractivity contribution in [2.45, 2.75) is 19.3 Å². The zero-order valence-electron chi connectivity index (χ0n) is 10.0. The maximum Gasteiger partial charge on any atom is 0.163 e. The number of hydrogen-bond donors (Lipinski definition) is 1. The molecule has 96 valence electrons. The van der Waals surface area contributed by atoms with Crippen LogP contribution in [0.4, 0.5) is 0 Å². The molecule has 0 spiro atoms. The van der Waals surface area contributed by atoms with Crippen molar-refractivity contribution in [2.24, 2.45) is 0 Å². The Morgan fingerprint density at radius 3 is 2.78 bits per heavy atom. The van der Waals surface area contributed by atoms with E-state index in [2.05, 4.69) is 9.97 Å². The van der Waals surface area contributed by atoms with Crippen molar-refractivity contribution in [3.63, 3.8) is 0 Å². The van der Waals surface area contributed by atoms with Crippen LogP contribution in [0.2, 0.25) is 0 Å². The highest BCUT2D eigenvalue weighted by Crippen LogP contribution is 2.33. The van der Waals surface area contributed by atoms with Crippen molar-refractivity contribution in [2.75, 3.05) is 19.1 Å². The Kier molecular flexibility index (Phi) is 3.28. The van der Waals surface area contributed by atoms with Gasteiger partial charge in [-0.1, -0.05) is 0 Å². The number of imidazole rings is 1. The maximum absolute atomic E-state index is 5.69. The number of rotatable bonds is 3. The average Bonchev–Trinajstić information content (AvgIpc) is 2.62. The Balaban J connectivity index is 1.96. The van der Waals surface area contributed by atoms with E-state index in [4.69, 9.17) is 21.1 Å². The third kappa shape index (κ3) is 2.25. The predicted octanol–water partition coefficient (Wildman–Crippen LogP) is 2.90. The number of alkyl halides is 1. The Morgan fingerprint density at radius 1 is 1.22 bits per heavy atom. The highest BCUT2D eigenvalue weighted by molar-refractivity contribution is 6.17. The van der Waals surface area contributed by atoms with Crippen LogP contribution in [0.1, 0.15) is 18.7 Å². The summed E-state index contributed by atoms with van der Waals surface area (Å²) in [4.78, 5) is 7.83. The van der Waals surface area contributed by atoms with Gasteiger partial charge in [0.15, 0.2) is 11.5 Å². The van der Waals surface area contributed by atoms with Gasteiger partial charge in [0.25, 0.3) is 0 Å². The molecule has 1 aromatic carbocycles. The van der Waals surface area contributed by atoms with Crippen molar-refractivity contribution in [1.82, 2.24) is 9.97 Å². The molecule has 1 aromatic heterocycles. The zero-order chi connectivity index (χ0) is 12.4. The lowest BCUT2D eigenvalue weighted by Gasteiger charge is -2.05. The molecule has 3 rings (SSSR count). The number of nitrogens with zero attached hydrogens (tertiary/aromatic N) is 1. The summed E-state index contributed by atoms with van der Waals surface area (Å²) in [6.07, 6.45) is 2.70. The molecule has 2 heterocycles. The van der Waals surface area contributed by atoms with E-state index in [1.807, 2.05) is 12.1 Å². The van der Waals surface area contributed by atoms with E-state index in [0.717, 1.165) is 47.6 Å². The molecular weight excluding hydrogens is 252 g/mol. The molecule has 0 unspecified atom stereocenters. The average molecular weight is 267 g/mol. The van der Waals surface area contributed by atoms with Crippen LogP contribution in [0.3, 0.4) is 0 Å². The molecule has 1 aliphatic heterocycles. The van der Waals surface area contributed by atoms with Gasteiger partial charge < -0.3 is 14.5 Å². The van der Waals surface area contributed by atoms with E-state index in [-0.39, 0.29) is 0 Å². The molecule has 18 heavy (non-hydrogen) atoms. The third-order valence-electron chi connectivity index (χ3n) is 2.95. The van der Waals surface area contributed by atoms with Gasteiger partial charge in [-0.3, -0.25) is 0 Å². The second-order valence-electron chi connectivity index (χ2n) is 4.34. The number of aromatic amines is 1. The van der Waals surface area contributed by atoms with Crippen molar-refractivity contribution < 1.29 is 9.47 Å². The van der Waals surface area contributed by atoms with Gasteiger partial charge in [0, 0.05) is 30.9 Å².